The van der Waals surface area contributed by atoms with Gasteiger partial charge in [0.1, 0.15) is 0 Å². The van der Waals surface area contributed by atoms with E-state index in [1.54, 1.807) is 0 Å². The maximum absolute atomic E-state index is 8.73. The van der Waals surface area contributed by atoms with Crippen molar-refractivity contribution in [3.05, 3.63) is 84.1 Å². The summed E-state index contributed by atoms with van der Waals surface area (Å²) in [5, 5.41) is 3.23. The van der Waals surface area contributed by atoms with Crippen molar-refractivity contribution in [1.29, 1.82) is 0 Å². The molecule has 0 aliphatic carbocycles. The number of nitrogens with zero attached hydrogens (tertiary/aromatic N) is 1. The number of hydrogen-bond donors (Lipinski definition) is 0. The second-order valence-electron chi connectivity index (χ2n) is 9.90. The van der Waals surface area contributed by atoms with Crippen molar-refractivity contribution in [2.24, 2.45) is 7.05 Å². The van der Waals surface area contributed by atoms with Crippen molar-refractivity contribution in [2.75, 3.05) is 0 Å². The zero-order chi connectivity index (χ0) is 24.5. The van der Waals surface area contributed by atoms with Gasteiger partial charge in [0, 0.05) is 0 Å². The summed E-state index contributed by atoms with van der Waals surface area (Å²) < 4.78 is 27.7. The van der Waals surface area contributed by atoms with Gasteiger partial charge in [-0.25, -0.2) is 0 Å². The molecule has 2 aromatic heterocycles. The Morgan fingerprint density at radius 1 is 0.879 bits per heavy atom. The Bertz CT molecular complexity index is 1630. The summed E-state index contributed by atoms with van der Waals surface area (Å²) in [6, 6.07) is 23.2. The van der Waals surface area contributed by atoms with Gasteiger partial charge in [-0.05, 0) is 0 Å². The standard InChI is InChI=1S/C30H30GeNO/c1-20-16-17-25-24-14-8-13-23(22-12-7-10-21-11-9-18-31(2,3)28(21)22)29(24)33-30(25)27(20)26-15-5-6-19-32(26)4/h5-8,10,12-17,19H,9,11,18H2,1-4H3/q+1/i11D2. The van der Waals surface area contributed by atoms with Gasteiger partial charge in [-0.1, -0.05) is 0 Å². The van der Waals surface area contributed by atoms with Crippen LogP contribution < -0.4 is 8.96 Å². The number of aryl methyl sites for hydroxylation is 3. The average molecular weight is 495 g/mol. The third kappa shape index (κ3) is 3.18. The van der Waals surface area contributed by atoms with Crippen molar-refractivity contribution >= 4 is 39.6 Å². The Balaban J connectivity index is 1.69. The molecule has 0 fully saturated rings. The molecule has 3 heteroatoms. The molecule has 1 aliphatic rings. The van der Waals surface area contributed by atoms with Gasteiger partial charge in [0.05, 0.1) is 0 Å². The molecule has 0 bridgehead atoms. The van der Waals surface area contributed by atoms with Crippen LogP contribution in [0.1, 0.15) is 20.3 Å². The van der Waals surface area contributed by atoms with Crippen molar-refractivity contribution < 1.29 is 11.7 Å². The van der Waals surface area contributed by atoms with E-state index in [0.29, 0.717) is 6.42 Å². The molecule has 164 valence electrons. The van der Waals surface area contributed by atoms with E-state index in [1.807, 2.05) is 18.2 Å². The Morgan fingerprint density at radius 2 is 1.67 bits per heavy atom. The molecule has 0 N–H and O–H groups in total. The molecule has 5 aromatic rings. The monoisotopic (exact) mass is 496 g/mol. The number of fused-ring (bicyclic) bond motifs is 4. The molecule has 0 spiro atoms. The number of hydrogen-bond acceptors (Lipinski definition) is 1. The number of rotatable bonds is 2. The first-order valence-electron chi connectivity index (χ1n) is 12.7. The fourth-order valence-corrected chi connectivity index (χ4v) is 11.5. The molecule has 3 aromatic carbocycles. The van der Waals surface area contributed by atoms with Gasteiger partial charge in [0.2, 0.25) is 0 Å². The number of benzene rings is 3. The van der Waals surface area contributed by atoms with Gasteiger partial charge >= 0.3 is 201 Å². The summed E-state index contributed by atoms with van der Waals surface area (Å²) in [6.07, 6.45) is 1.42. The number of furan rings is 1. The van der Waals surface area contributed by atoms with Gasteiger partial charge in [0.15, 0.2) is 0 Å². The number of para-hydroxylation sites is 1. The number of pyridine rings is 1. The Morgan fingerprint density at radius 3 is 2.52 bits per heavy atom. The topological polar surface area (TPSA) is 17.0 Å². The Labute approximate surface area is 201 Å². The van der Waals surface area contributed by atoms with Crippen LogP contribution in [0.25, 0.3) is 44.3 Å². The molecule has 2 nitrogen and oxygen atoms in total. The van der Waals surface area contributed by atoms with Gasteiger partial charge < -0.3 is 0 Å². The fourth-order valence-electron chi connectivity index (χ4n) is 5.56. The van der Waals surface area contributed by atoms with E-state index in [2.05, 4.69) is 84.8 Å². The van der Waals surface area contributed by atoms with E-state index in [-0.39, 0.29) is 0 Å². The van der Waals surface area contributed by atoms with Crippen LogP contribution in [0.3, 0.4) is 0 Å². The van der Waals surface area contributed by atoms with Crippen molar-refractivity contribution in [2.45, 2.75) is 36.5 Å². The van der Waals surface area contributed by atoms with E-state index < -0.39 is 19.6 Å². The van der Waals surface area contributed by atoms with Crippen LogP contribution in [0.15, 0.2) is 77.3 Å². The van der Waals surface area contributed by atoms with E-state index in [4.69, 9.17) is 7.16 Å². The molecule has 0 unspecified atom stereocenters. The normalized spacial score (nSPS) is 17.6. The maximum atomic E-state index is 8.73. The summed E-state index contributed by atoms with van der Waals surface area (Å²) in [7, 11) is 2.07. The minimum absolute atomic E-state index is 0.627. The predicted octanol–water partition coefficient (Wildman–Crippen LogP) is 6.91. The van der Waals surface area contributed by atoms with E-state index in [0.717, 1.165) is 55.1 Å². The molecule has 6 rings (SSSR count). The minimum atomic E-state index is -2.41. The van der Waals surface area contributed by atoms with Crippen molar-refractivity contribution in [1.82, 2.24) is 0 Å². The van der Waals surface area contributed by atoms with E-state index in [9.17, 15) is 0 Å². The van der Waals surface area contributed by atoms with Crippen LogP contribution in [0.4, 0.5) is 0 Å². The van der Waals surface area contributed by atoms with Crippen LogP contribution >= 0.6 is 0 Å². The summed E-state index contributed by atoms with van der Waals surface area (Å²) in [6.45, 7) is 2.14. The molecular formula is C30H30GeNO+. The molecule has 3 heterocycles. The third-order valence-corrected chi connectivity index (χ3v) is 14.4. The fraction of sp³-hybridized carbons (Fsp3) is 0.233. The van der Waals surface area contributed by atoms with Crippen LogP contribution in [0.5, 0.6) is 0 Å². The summed E-state index contributed by atoms with van der Waals surface area (Å²) >= 11 is -2.41. The van der Waals surface area contributed by atoms with Crippen LogP contribution in [-0.2, 0) is 13.4 Å². The second-order valence-corrected chi connectivity index (χ2v) is 19.9. The van der Waals surface area contributed by atoms with Crippen molar-refractivity contribution in [3.8, 4) is 22.4 Å². The molecule has 0 radical (unpaired) electrons. The van der Waals surface area contributed by atoms with E-state index >= 15 is 0 Å². The summed E-state index contributed by atoms with van der Waals surface area (Å²) in [4.78, 5) is 0. The zero-order valence-electron chi connectivity index (χ0n) is 21.7. The molecule has 0 saturated heterocycles. The third-order valence-electron chi connectivity index (χ3n) is 7.28. The Hall–Kier alpha value is -2.85. The number of aromatic nitrogens is 1. The van der Waals surface area contributed by atoms with Crippen LogP contribution in [0.2, 0.25) is 16.8 Å². The first-order valence-corrected chi connectivity index (χ1v) is 18.5. The van der Waals surface area contributed by atoms with Crippen molar-refractivity contribution in [3.63, 3.8) is 0 Å². The zero-order valence-corrected chi connectivity index (χ0v) is 21.8. The second kappa shape index (κ2) is 7.60. The van der Waals surface area contributed by atoms with Gasteiger partial charge in [0.25, 0.3) is 0 Å². The quantitative estimate of drug-likeness (QED) is 0.192. The molecular weight excluding hydrogens is 463 g/mol. The van der Waals surface area contributed by atoms with Gasteiger partial charge in [-0.2, -0.15) is 0 Å². The van der Waals surface area contributed by atoms with E-state index in [1.165, 1.54) is 9.96 Å². The molecule has 0 atom stereocenters. The first kappa shape index (κ1) is 18.6. The van der Waals surface area contributed by atoms with Gasteiger partial charge in [-0.15, -0.1) is 0 Å². The summed E-state index contributed by atoms with van der Waals surface area (Å²) in [5.74, 6) is 4.85. The average Bonchev–Trinajstić information content (AvgIpc) is 3.21. The van der Waals surface area contributed by atoms with Crippen LogP contribution in [-0.4, -0.2) is 13.3 Å². The molecule has 0 saturated carbocycles. The van der Waals surface area contributed by atoms with Crippen LogP contribution in [0, 0.1) is 6.92 Å². The summed E-state index contributed by atoms with van der Waals surface area (Å²) in [5.41, 5.74) is 8.36. The van der Waals surface area contributed by atoms with Gasteiger partial charge in [-0.3, -0.25) is 0 Å². The Kier molecular flexibility index (Phi) is 4.27. The molecule has 1 aliphatic heterocycles. The molecule has 33 heavy (non-hydrogen) atoms. The first-order chi connectivity index (χ1) is 16.7. The SMILES string of the molecule is [2H]C1([2H])C[CH2][Ge]([CH3])([CH3])[c]2c(-c3cccc4c3oc3c(-c5cccc[n+]5C)c(C)ccc34)cccc21. The molecule has 0 amide bonds. The predicted molar refractivity (Wildman–Crippen MR) is 141 cm³/mol.